The van der Waals surface area contributed by atoms with Gasteiger partial charge in [0, 0.05) is 13.1 Å². The highest BCUT2D eigenvalue weighted by Crippen LogP contribution is 2.29. The van der Waals surface area contributed by atoms with Crippen LogP contribution in [0.15, 0.2) is 60.2 Å². The highest BCUT2D eigenvalue weighted by Gasteiger charge is 2.11. The van der Waals surface area contributed by atoms with E-state index in [1.165, 1.54) is 16.7 Å². The van der Waals surface area contributed by atoms with E-state index in [2.05, 4.69) is 35.4 Å². The maximum atomic E-state index is 5.40. The predicted octanol–water partition coefficient (Wildman–Crippen LogP) is 4.01. The summed E-state index contributed by atoms with van der Waals surface area (Å²) in [5, 5.41) is 0. The summed E-state index contributed by atoms with van der Waals surface area (Å²) in [6, 6.07) is 14.2. The Kier molecular flexibility index (Phi) is 5.84. The maximum absolute atomic E-state index is 5.40. The molecule has 0 unspecified atom stereocenters. The molecule has 4 nitrogen and oxygen atoms in total. The zero-order chi connectivity index (χ0) is 18.4. The van der Waals surface area contributed by atoms with Crippen LogP contribution < -0.4 is 14.2 Å². The van der Waals surface area contributed by atoms with Crippen LogP contribution in [0.5, 0.6) is 17.2 Å². The Labute approximate surface area is 155 Å². The molecule has 0 saturated carbocycles. The topological polar surface area (TPSA) is 30.9 Å². The molecule has 2 aromatic rings. The second kappa shape index (κ2) is 8.48. The molecule has 0 saturated heterocycles. The highest BCUT2D eigenvalue weighted by molar-refractivity contribution is 5.44. The molecular formula is C22H24NO3. The lowest BCUT2D eigenvalue weighted by atomic mass is 10.0. The summed E-state index contributed by atoms with van der Waals surface area (Å²) in [5.41, 5.74) is 3.78. The first kappa shape index (κ1) is 17.9. The van der Waals surface area contributed by atoms with Gasteiger partial charge >= 0.3 is 0 Å². The number of allylic oxidation sites excluding steroid dienone is 2. The first-order valence-electron chi connectivity index (χ1n) is 8.58. The van der Waals surface area contributed by atoms with Gasteiger partial charge in [-0.05, 0) is 53.5 Å². The SMILES string of the molecule is COc1ccc(CN2[C]=CC=C(Cc3ccc(OC)c(OC)c3)C2)cc1. The van der Waals surface area contributed by atoms with Crippen LogP contribution in [0.3, 0.4) is 0 Å². The molecule has 0 amide bonds. The number of methoxy groups -OCH3 is 3. The third kappa shape index (κ3) is 4.39. The van der Waals surface area contributed by atoms with Crippen LogP contribution in [0.2, 0.25) is 0 Å². The predicted molar refractivity (Wildman–Crippen MR) is 103 cm³/mol. The average Bonchev–Trinajstić information content (AvgIpc) is 2.69. The molecule has 3 rings (SSSR count). The Hall–Kier alpha value is -2.88. The van der Waals surface area contributed by atoms with E-state index in [0.717, 1.165) is 36.8 Å². The molecular weight excluding hydrogens is 326 g/mol. The van der Waals surface area contributed by atoms with Crippen LogP contribution in [-0.4, -0.2) is 32.8 Å². The molecule has 0 fully saturated rings. The molecule has 1 radical (unpaired) electrons. The first-order chi connectivity index (χ1) is 12.7. The lowest BCUT2D eigenvalue weighted by Gasteiger charge is -2.24. The molecule has 1 heterocycles. The summed E-state index contributed by atoms with van der Waals surface area (Å²) in [4.78, 5) is 2.19. The van der Waals surface area contributed by atoms with E-state index in [9.17, 15) is 0 Å². The quantitative estimate of drug-likeness (QED) is 0.755. The second-order valence-electron chi connectivity index (χ2n) is 6.19. The Morgan fingerprint density at radius 3 is 2.31 bits per heavy atom. The number of nitrogens with zero attached hydrogens (tertiary/aromatic N) is 1. The van der Waals surface area contributed by atoms with Gasteiger partial charge in [-0.25, -0.2) is 0 Å². The van der Waals surface area contributed by atoms with E-state index in [-0.39, 0.29) is 0 Å². The van der Waals surface area contributed by atoms with Gasteiger partial charge in [0.15, 0.2) is 11.5 Å². The third-order valence-electron chi connectivity index (χ3n) is 4.38. The van der Waals surface area contributed by atoms with Crippen molar-refractivity contribution in [3.63, 3.8) is 0 Å². The Morgan fingerprint density at radius 2 is 1.62 bits per heavy atom. The normalized spacial score (nSPS) is 13.3. The smallest absolute Gasteiger partial charge is 0.160 e. The number of benzene rings is 2. The second-order valence-corrected chi connectivity index (χ2v) is 6.19. The lowest BCUT2D eigenvalue weighted by molar-refractivity contribution is 0.354. The summed E-state index contributed by atoms with van der Waals surface area (Å²) in [6.45, 7) is 1.68. The molecule has 1 aliphatic rings. The fourth-order valence-corrected chi connectivity index (χ4v) is 3.02. The molecule has 0 atom stereocenters. The monoisotopic (exact) mass is 350 g/mol. The van der Waals surface area contributed by atoms with Gasteiger partial charge in [0.05, 0.1) is 27.5 Å². The zero-order valence-electron chi connectivity index (χ0n) is 15.5. The molecule has 0 N–H and O–H groups in total. The molecule has 1 aliphatic heterocycles. The molecule has 0 aliphatic carbocycles. The van der Waals surface area contributed by atoms with Crippen LogP contribution in [-0.2, 0) is 13.0 Å². The number of hydrogen-bond acceptors (Lipinski definition) is 4. The summed E-state index contributed by atoms with van der Waals surface area (Å²) >= 11 is 0. The van der Waals surface area contributed by atoms with E-state index in [4.69, 9.17) is 14.2 Å². The standard InChI is InChI=1S/C22H24NO3/c1-24-20-9-6-17(7-10-20)15-23-12-4-5-19(16-23)13-18-8-11-21(25-2)22(14-18)26-3/h4-11,14H,13,15-16H2,1-3H3. The molecule has 4 heteroatoms. The van der Waals surface area contributed by atoms with Crippen LogP contribution >= 0.6 is 0 Å². The van der Waals surface area contributed by atoms with Crippen molar-refractivity contribution in [3.05, 3.63) is 77.5 Å². The van der Waals surface area contributed by atoms with E-state index in [1.807, 2.05) is 30.3 Å². The van der Waals surface area contributed by atoms with Gasteiger partial charge in [-0.1, -0.05) is 24.3 Å². The van der Waals surface area contributed by atoms with Gasteiger partial charge < -0.3 is 19.1 Å². The van der Waals surface area contributed by atoms with Gasteiger partial charge in [0.1, 0.15) is 5.75 Å². The minimum Gasteiger partial charge on any atom is -0.497 e. The number of rotatable bonds is 7. The van der Waals surface area contributed by atoms with Crippen molar-refractivity contribution in [1.82, 2.24) is 4.90 Å². The van der Waals surface area contributed by atoms with Crippen molar-refractivity contribution in [3.8, 4) is 17.2 Å². The molecule has 2 aromatic carbocycles. The van der Waals surface area contributed by atoms with Crippen molar-refractivity contribution in [1.29, 1.82) is 0 Å². The zero-order valence-corrected chi connectivity index (χ0v) is 15.5. The Balaban J connectivity index is 1.63. The fourth-order valence-electron chi connectivity index (χ4n) is 3.02. The largest absolute Gasteiger partial charge is 0.497 e. The fraction of sp³-hybridized carbons (Fsp3) is 0.273. The van der Waals surface area contributed by atoms with Gasteiger partial charge in [-0.3, -0.25) is 0 Å². The molecule has 26 heavy (non-hydrogen) atoms. The first-order valence-corrected chi connectivity index (χ1v) is 8.58. The van der Waals surface area contributed by atoms with Crippen molar-refractivity contribution >= 4 is 0 Å². The van der Waals surface area contributed by atoms with Crippen molar-refractivity contribution in [2.75, 3.05) is 27.9 Å². The van der Waals surface area contributed by atoms with E-state index in [1.54, 1.807) is 21.3 Å². The minimum atomic E-state index is 0.753. The lowest BCUT2D eigenvalue weighted by Crippen LogP contribution is -2.23. The van der Waals surface area contributed by atoms with Crippen LogP contribution in [0.1, 0.15) is 11.1 Å². The maximum Gasteiger partial charge on any atom is 0.160 e. The van der Waals surface area contributed by atoms with Crippen LogP contribution in [0.4, 0.5) is 0 Å². The molecule has 0 spiro atoms. The van der Waals surface area contributed by atoms with E-state index in [0.29, 0.717) is 0 Å². The van der Waals surface area contributed by atoms with Gasteiger partial charge in [0.25, 0.3) is 0 Å². The third-order valence-corrected chi connectivity index (χ3v) is 4.38. The van der Waals surface area contributed by atoms with Crippen LogP contribution in [0.25, 0.3) is 0 Å². The van der Waals surface area contributed by atoms with Crippen molar-refractivity contribution in [2.24, 2.45) is 0 Å². The van der Waals surface area contributed by atoms with Crippen LogP contribution in [0, 0.1) is 6.20 Å². The average molecular weight is 350 g/mol. The molecule has 135 valence electrons. The van der Waals surface area contributed by atoms with E-state index < -0.39 is 0 Å². The Morgan fingerprint density at radius 1 is 0.885 bits per heavy atom. The highest BCUT2D eigenvalue weighted by atomic mass is 16.5. The number of hydrogen-bond donors (Lipinski definition) is 0. The summed E-state index contributed by atoms with van der Waals surface area (Å²) in [7, 11) is 5.00. The molecule has 0 aromatic heterocycles. The Bertz CT molecular complexity index is 794. The summed E-state index contributed by atoms with van der Waals surface area (Å²) < 4.78 is 15.9. The summed E-state index contributed by atoms with van der Waals surface area (Å²) in [5.74, 6) is 2.39. The summed E-state index contributed by atoms with van der Waals surface area (Å²) in [6.07, 6.45) is 8.31. The molecule has 0 bridgehead atoms. The van der Waals surface area contributed by atoms with Gasteiger partial charge in [0.2, 0.25) is 0 Å². The number of ether oxygens (including phenoxy) is 3. The van der Waals surface area contributed by atoms with E-state index >= 15 is 0 Å². The minimum absolute atomic E-state index is 0.753. The van der Waals surface area contributed by atoms with Crippen molar-refractivity contribution in [2.45, 2.75) is 13.0 Å². The van der Waals surface area contributed by atoms with Gasteiger partial charge in [-0.15, -0.1) is 0 Å². The van der Waals surface area contributed by atoms with Gasteiger partial charge in [-0.2, -0.15) is 0 Å². The van der Waals surface area contributed by atoms with Crippen molar-refractivity contribution < 1.29 is 14.2 Å².